The monoisotopic (exact) mass is 1400 g/mol. The number of nitrogens with zero attached hydrogens (tertiary/aromatic N) is 6. The minimum absolute atomic E-state index is 0.322. The van der Waals surface area contributed by atoms with E-state index in [-0.39, 0.29) is 0 Å². The van der Waals surface area contributed by atoms with E-state index in [2.05, 4.69) is 401 Å². The predicted octanol–water partition coefficient (Wildman–Crippen LogP) is 21.5. The van der Waals surface area contributed by atoms with Gasteiger partial charge in [0, 0.05) is 108 Å². The second kappa shape index (κ2) is 38.8. The van der Waals surface area contributed by atoms with Crippen molar-refractivity contribution in [2.75, 3.05) is 0 Å². The molecule has 6 aromatic heterocycles. The molecule has 6 nitrogen and oxygen atoms in total. The molecule has 12 aromatic rings. The summed E-state index contributed by atoms with van der Waals surface area (Å²) >= 11 is 0. The van der Waals surface area contributed by atoms with Gasteiger partial charge in [-0.1, -0.05) is 192 Å². The van der Waals surface area contributed by atoms with Crippen LogP contribution in [0.1, 0.15) is 159 Å². The Morgan fingerprint density at radius 2 is 0.590 bits per heavy atom. The van der Waals surface area contributed by atoms with Crippen molar-refractivity contribution in [3.63, 3.8) is 0 Å². The molecule has 0 saturated heterocycles. The molecule has 0 amide bonds. The van der Waals surface area contributed by atoms with E-state index >= 15 is 0 Å². The number of hydrogen-bond acceptors (Lipinski definition) is 0. The standard InChI is InChI=1S/2C18H24N.C17H22N.C16H20N.2C15H18N/c1-14-8-6-7-9-16(14)17-12-15(10-11-19(17)5)13-18(2,3)4;1-14-8-6-7-9-16(14)17-11-10-15(13-19(17)5)12-18(2,3)4;1-13(2)11-15-9-10-18(4)17(12-15)16-8-6-5-7-14(16)3;1-12(2)14-9-10-17(4)16(11-14)15-8-6-5-7-13(15)3;1-4-13-9-10-16(3)15(11-13)14-8-6-5-7-12(14)2;1-4-13-9-10-15(16(3)11-13)14-8-6-5-7-12(14)2/h6-12H,13H2,1-5H3;6-11,13H,12H2,1-5H3;5-10,12-13H,11H2,1-4H3;5-12H,1-4H3;2*5-11H,4H2,1-3H3/q6*+1/i;;;;;4D2. The van der Waals surface area contributed by atoms with Crippen LogP contribution in [-0.4, -0.2) is 0 Å². The Balaban J connectivity index is 0.000000179. The zero-order valence-corrected chi connectivity index (χ0v) is 68.4. The molecule has 0 radical (unpaired) electrons. The highest BCUT2D eigenvalue weighted by Gasteiger charge is 2.21. The number of hydrogen-bond donors (Lipinski definition) is 0. The summed E-state index contributed by atoms with van der Waals surface area (Å²) in [5.41, 5.74) is 31.5. The molecule has 105 heavy (non-hydrogen) atoms. The van der Waals surface area contributed by atoms with Crippen LogP contribution in [0.3, 0.4) is 0 Å². The zero-order valence-electron chi connectivity index (χ0n) is 70.4. The zero-order chi connectivity index (χ0) is 78.5. The second-order valence-electron chi connectivity index (χ2n) is 31.7. The molecule has 6 heteroatoms. The first kappa shape index (κ1) is 79.3. The molecule has 0 bridgehead atoms. The molecular weight excluding hydrogens is 1270 g/mol. The minimum atomic E-state index is -1.30. The molecule has 12 rings (SSSR count). The van der Waals surface area contributed by atoms with Crippen LogP contribution in [-0.2, 0) is 74.3 Å². The summed E-state index contributed by atoms with van der Waals surface area (Å²) in [5, 5.41) is 0. The SMILES string of the molecule is CCc1cc[n+](C)c(-c2ccccc2C)c1.Cc1ccccc1-c1cc(C(C)C)cc[n+]1C.Cc1ccccc1-c1cc(CC(C)(C)C)cc[n+]1C.Cc1ccccc1-c1cc(CC(C)C)cc[n+]1C.Cc1ccccc1-c1ccc(CC(C)(C)C)c[n+]1C.[2H]C([2H])(C)c1ccc(-c2ccccc2C)[n+](C)c1. The third-order valence-electron chi connectivity index (χ3n) is 19.1. The van der Waals surface area contributed by atoms with E-state index in [1.807, 2.05) is 42.1 Å². The maximum absolute atomic E-state index is 7.74. The van der Waals surface area contributed by atoms with Gasteiger partial charge in [0.15, 0.2) is 37.2 Å². The van der Waals surface area contributed by atoms with Crippen LogP contribution in [0.5, 0.6) is 0 Å². The predicted molar refractivity (Wildman–Crippen MR) is 444 cm³/mol. The van der Waals surface area contributed by atoms with Crippen LogP contribution < -0.4 is 27.4 Å². The molecular formula is C99H126N6+6. The van der Waals surface area contributed by atoms with Crippen LogP contribution >= 0.6 is 0 Å². The second-order valence-corrected chi connectivity index (χ2v) is 31.7. The lowest BCUT2D eigenvalue weighted by molar-refractivity contribution is -0.661. The summed E-state index contributed by atoms with van der Waals surface area (Å²) in [4.78, 5) is 0. The van der Waals surface area contributed by atoms with Gasteiger partial charge in [-0.05, 0) is 200 Å². The lowest BCUT2D eigenvalue weighted by Gasteiger charge is -2.18. The van der Waals surface area contributed by atoms with Crippen molar-refractivity contribution in [2.24, 2.45) is 59.0 Å². The summed E-state index contributed by atoms with van der Waals surface area (Å²) in [6.45, 7) is 39.4. The first-order valence-electron chi connectivity index (χ1n) is 38.8. The molecule has 0 saturated carbocycles. The van der Waals surface area contributed by atoms with Gasteiger partial charge in [-0.3, -0.25) is 0 Å². The van der Waals surface area contributed by atoms with Crippen LogP contribution in [0.2, 0.25) is 0 Å². The highest BCUT2D eigenvalue weighted by atomic mass is 14.9. The third kappa shape index (κ3) is 24.7. The van der Waals surface area contributed by atoms with E-state index in [0.29, 0.717) is 28.2 Å². The Morgan fingerprint density at radius 1 is 0.305 bits per heavy atom. The largest absolute Gasteiger partial charge is 0.212 e. The van der Waals surface area contributed by atoms with Gasteiger partial charge in [0.25, 0.3) is 0 Å². The van der Waals surface area contributed by atoms with Crippen molar-refractivity contribution in [2.45, 2.75) is 163 Å². The van der Waals surface area contributed by atoms with Gasteiger partial charge < -0.3 is 0 Å². The number of aromatic nitrogens is 6. The van der Waals surface area contributed by atoms with E-state index in [9.17, 15) is 0 Å². The number of pyridine rings is 6. The van der Waals surface area contributed by atoms with Gasteiger partial charge in [-0.15, -0.1) is 0 Å². The van der Waals surface area contributed by atoms with Gasteiger partial charge in [-0.2, -0.15) is 0 Å². The maximum Gasteiger partial charge on any atom is 0.212 e. The van der Waals surface area contributed by atoms with Gasteiger partial charge >= 0.3 is 0 Å². The number of aryl methyl sites for hydroxylation is 14. The summed E-state index contributed by atoms with van der Waals surface area (Å²) in [6, 6.07) is 77.4. The van der Waals surface area contributed by atoms with Crippen molar-refractivity contribution < 1.29 is 30.1 Å². The fraction of sp³-hybridized carbons (Fsp3) is 0.333. The van der Waals surface area contributed by atoms with E-state index < -0.39 is 6.37 Å². The Labute approximate surface area is 638 Å². The Hall–Kier alpha value is -9.78. The maximum atomic E-state index is 7.74. The normalized spacial score (nSPS) is 11.4. The Kier molecular flexibility index (Phi) is 29.3. The highest BCUT2D eigenvalue weighted by Crippen LogP contribution is 2.29. The first-order chi connectivity index (χ1) is 50.5. The Morgan fingerprint density at radius 3 is 0.914 bits per heavy atom. The van der Waals surface area contributed by atoms with Crippen molar-refractivity contribution in [1.82, 2.24) is 0 Å². The average molecular weight is 1400 g/mol. The lowest BCUT2D eigenvalue weighted by Crippen LogP contribution is -2.32. The fourth-order valence-electron chi connectivity index (χ4n) is 13.3. The molecule has 546 valence electrons. The van der Waals surface area contributed by atoms with E-state index in [1.165, 1.54) is 123 Å². The molecule has 0 N–H and O–H groups in total. The summed E-state index contributed by atoms with van der Waals surface area (Å²) in [5.74, 6) is 1.27. The molecule has 0 aliphatic heterocycles. The first-order valence-corrected chi connectivity index (χ1v) is 37.8. The van der Waals surface area contributed by atoms with Crippen molar-refractivity contribution in [3.8, 4) is 67.5 Å². The fourth-order valence-corrected chi connectivity index (χ4v) is 13.3. The quantitative estimate of drug-likeness (QED) is 0.103. The lowest BCUT2D eigenvalue weighted by atomic mass is 9.88. The third-order valence-corrected chi connectivity index (χ3v) is 19.1. The molecule has 0 spiro atoms. The van der Waals surface area contributed by atoms with Gasteiger partial charge in [0.2, 0.25) is 34.2 Å². The molecule has 6 aromatic carbocycles. The molecule has 0 atom stereocenters. The molecule has 0 aliphatic carbocycles. The van der Waals surface area contributed by atoms with Gasteiger partial charge in [0.05, 0.1) is 0 Å². The minimum Gasteiger partial charge on any atom is -0.201 e. The summed E-state index contributed by atoms with van der Waals surface area (Å²) < 4.78 is 28.5. The van der Waals surface area contributed by atoms with Crippen molar-refractivity contribution >= 4 is 0 Å². The summed E-state index contributed by atoms with van der Waals surface area (Å²) in [7, 11) is 12.5. The average Bonchev–Trinajstić information content (AvgIpc) is 0.562. The number of rotatable bonds is 13. The van der Waals surface area contributed by atoms with Crippen molar-refractivity contribution in [1.29, 1.82) is 0 Å². The van der Waals surface area contributed by atoms with Crippen LogP contribution in [0.25, 0.3) is 67.5 Å². The molecule has 0 aliphatic rings. The van der Waals surface area contributed by atoms with Crippen molar-refractivity contribution in [3.05, 3.63) is 322 Å². The van der Waals surface area contributed by atoms with Crippen LogP contribution in [0.4, 0.5) is 0 Å². The van der Waals surface area contributed by atoms with E-state index in [0.717, 1.165) is 31.4 Å². The molecule has 0 unspecified atom stereocenters. The number of benzene rings is 6. The topological polar surface area (TPSA) is 23.3 Å². The van der Waals surface area contributed by atoms with E-state index in [4.69, 9.17) is 2.74 Å². The summed E-state index contributed by atoms with van der Waals surface area (Å²) in [6.07, 6.45) is 15.9. The molecule has 6 heterocycles. The van der Waals surface area contributed by atoms with Crippen LogP contribution in [0.15, 0.2) is 256 Å². The molecule has 0 fully saturated rings. The smallest absolute Gasteiger partial charge is 0.201 e. The Bertz CT molecular complexity index is 4880. The highest BCUT2D eigenvalue weighted by molar-refractivity contribution is 5.65. The van der Waals surface area contributed by atoms with E-state index in [1.54, 1.807) is 6.92 Å². The van der Waals surface area contributed by atoms with Gasteiger partial charge in [0.1, 0.15) is 42.3 Å². The van der Waals surface area contributed by atoms with Crippen LogP contribution in [0, 0.1) is 58.3 Å². The van der Waals surface area contributed by atoms with Gasteiger partial charge in [-0.25, -0.2) is 27.4 Å².